The lowest BCUT2D eigenvalue weighted by Gasteiger charge is -2.37. The van der Waals surface area contributed by atoms with Crippen molar-refractivity contribution in [2.45, 2.75) is 26.0 Å². The van der Waals surface area contributed by atoms with Gasteiger partial charge in [-0.15, -0.1) is 10.2 Å². The van der Waals surface area contributed by atoms with Gasteiger partial charge in [0.15, 0.2) is 6.23 Å². The number of carbonyl (C=O) groups excluding carboxylic acids is 2. The Bertz CT molecular complexity index is 531. The summed E-state index contributed by atoms with van der Waals surface area (Å²) in [6.45, 7) is 5.84. The van der Waals surface area contributed by atoms with Gasteiger partial charge < -0.3 is 9.64 Å². The van der Waals surface area contributed by atoms with E-state index in [4.69, 9.17) is 4.74 Å². The second kappa shape index (κ2) is 6.00. The maximum Gasteiger partial charge on any atom is 0.332 e. The quantitative estimate of drug-likeness (QED) is 0.620. The molecular formula is C12H16N4O3S. The molecular weight excluding hydrogens is 280 g/mol. The Hall–Kier alpha value is -1.96. The van der Waals surface area contributed by atoms with E-state index in [1.807, 2.05) is 6.92 Å². The van der Waals surface area contributed by atoms with Crippen LogP contribution in [0.1, 0.15) is 18.4 Å². The first-order chi connectivity index (χ1) is 9.56. The number of nitrogens with zero attached hydrogens (tertiary/aromatic N) is 4. The molecule has 1 unspecified atom stereocenters. The Kier molecular flexibility index (Phi) is 4.33. The topological polar surface area (TPSA) is 75.6 Å². The highest BCUT2D eigenvalue weighted by molar-refractivity contribution is 7.15. The van der Waals surface area contributed by atoms with E-state index in [1.54, 1.807) is 11.9 Å². The molecule has 0 aromatic carbocycles. The Morgan fingerprint density at radius 2 is 2.35 bits per heavy atom. The number of aromatic nitrogens is 2. The van der Waals surface area contributed by atoms with Gasteiger partial charge in [-0.25, -0.2) is 14.5 Å². The van der Waals surface area contributed by atoms with Crippen molar-refractivity contribution < 1.29 is 14.3 Å². The number of rotatable bonds is 4. The fraction of sp³-hybridized carbons (Fsp3) is 0.500. The number of urea groups is 1. The Balaban J connectivity index is 2.27. The number of esters is 1. The number of aryl methyl sites for hydroxylation is 1. The third-order valence-electron chi connectivity index (χ3n) is 2.92. The van der Waals surface area contributed by atoms with Crippen LogP contribution in [0.3, 0.4) is 0 Å². The van der Waals surface area contributed by atoms with Crippen molar-refractivity contribution in [3.63, 3.8) is 0 Å². The second-order valence-corrected chi connectivity index (χ2v) is 5.33. The van der Waals surface area contributed by atoms with Gasteiger partial charge in [0.1, 0.15) is 5.01 Å². The highest BCUT2D eigenvalue weighted by Gasteiger charge is 2.36. The molecule has 8 heteroatoms. The number of anilines is 1. The SMILES string of the molecule is C=CC(=O)OC1CCN(C)C(=O)N1c1nnc(CC)s1. The largest absolute Gasteiger partial charge is 0.438 e. The fourth-order valence-electron chi connectivity index (χ4n) is 1.82. The molecule has 0 saturated carbocycles. The number of amides is 2. The molecule has 20 heavy (non-hydrogen) atoms. The van der Waals surface area contributed by atoms with Crippen molar-refractivity contribution in [3.05, 3.63) is 17.7 Å². The van der Waals surface area contributed by atoms with Crippen LogP contribution in [0.5, 0.6) is 0 Å². The molecule has 7 nitrogen and oxygen atoms in total. The Morgan fingerprint density at radius 1 is 1.60 bits per heavy atom. The summed E-state index contributed by atoms with van der Waals surface area (Å²) in [5.41, 5.74) is 0. The van der Waals surface area contributed by atoms with Gasteiger partial charge in [0, 0.05) is 26.1 Å². The average molecular weight is 296 g/mol. The van der Waals surface area contributed by atoms with Crippen LogP contribution < -0.4 is 4.90 Å². The molecule has 2 heterocycles. The molecule has 1 saturated heterocycles. The zero-order chi connectivity index (χ0) is 14.7. The van der Waals surface area contributed by atoms with Crippen LogP contribution >= 0.6 is 11.3 Å². The molecule has 0 radical (unpaired) electrons. The highest BCUT2D eigenvalue weighted by Crippen LogP contribution is 2.28. The summed E-state index contributed by atoms with van der Waals surface area (Å²) in [4.78, 5) is 26.6. The van der Waals surface area contributed by atoms with E-state index in [0.29, 0.717) is 18.1 Å². The van der Waals surface area contributed by atoms with Crippen LogP contribution in [0.15, 0.2) is 12.7 Å². The minimum absolute atomic E-state index is 0.253. The van der Waals surface area contributed by atoms with Crippen LogP contribution in [0, 0.1) is 0 Å². The minimum atomic E-state index is -0.665. The van der Waals surface area contributed by atoms with Crippen LogP contribution in [0.4, 0.5) is 9.93 Å². The smallest absolute Gasteiger partial charge is 0.332 e. The van der Waals surface area contributed by atoms with E-state index < -0.39 is 12.2 Å². The molecule has 1 fully saturated rings. The molecule has 1 aromatic heterocycles. The normalized spacial score (nSPS) is 19.1. The number of hydrogen-bond donors (Lipinski definition) is 0. The van der Waals surface area contributed by atoms with Gasteiger partial charge in [-0.1, -0.05) is 24.8 Å². The van der Waals surface area contributed by atoms with Gasteiger partial charge in [-0.05, 0) is 6.42 Å². The van der Waals surface area contributed by atoms with E-state index >= 15 is 0 Å². The first-order valence-corrected chi connectivity index (χ1v) is 7.08. The van der Waals surface area contributed by atoms with Gasteiger partial charge in [0.2, 0.25) is 5.13 Å². The van der Waals surface area contributed by atoms with Crippen LogP contribution in [-0.2, 0) is 16.0 Å². The van der Waals surface area contributed by atoms with Crippen LogP contribution in [0.2, 0.25) is 0 Å². The van der Waals surface area contributed by atoms with E-state index in [0.717, 1.165) is 17.5 Å². The first kappa shape index (κ1) is 14.4. The van der Waals surface area contributed by atoms with Crippen molar-refractivity contribution >= 4 is 28.5 Å². The van der Waals surface area contributed by atoms with Crippen molar-refractivity contribution in [1.82, 2.24) is 15.1 Å². The molecule has 108 valence electrons. The van der Waals surface area contributed by atoms with E-state index in [1.165, 1.54) is 16.2 Å². The fourth-order valence-corrected chi connectivity index (χ4v) is 2.63. The predicted molar refractivity (Wildman–Crippen MR) is 74.5 cm³/mol. The van der Waals surface area contributed by atoms with Gasteiger partial charge in [-0.2, -0.15) is 0 Å². The van der Waals surface area contributed by atoms with Crippen molar-refractivity contribution in [1.29, 1.82) is 0 Å². The monoisotopic (exact) mass is 296 g/mol. The van der Waals surface area contributed by atoms with Gasteiger partial charge in [0.25, 0.3) is 0 Å². The van der Waals surface area contributed by atoms with Crippen LogP contribution in [-0.4, -0.2) is 46.9 Å². The van der Waals surface area contributed by atoms with Gasteiger partial charge in [-0.3, -0.25) is 0 Å². The summed E-state index contributed by atoms with van der Waals surface area (Å²) in [6.07, 6.45) is 1.68. The second-order valence-electron chi connectivity index (χ2n) is 4.29. The molecule has 0 N–H and O–H groups in total. The minimum Gasteiger partial charge on any atom is -0.438 e. The maximum absolute atomic E-state index is 12.3. The van der Waals surface area contributed by atoms with Crippen molar-refractivity contribution in [2.24, 2.45) is 0 Å². The molecule has 2 amide bonds. The standard InChI is InChI=1S/C12H16N4O3S/c1-4-8-13-14-11(20-8)16-9(19-10(17)5-2)6-7-15(3)12(16)18/h5,9H,2,4,6-7H2,1,3H3. The van der Waals surface area contributed by atoms with Crippen molar-refractivity contribution in [2.75, 3.05) is 18.5 Å². The lowest BCUT2D eigenvalue weighted by Crippen LogP contribution is -2.54. The third-order valence-corrected chi connectivity index (χ3v) is 3.98. The third kappa shape index (κ3) is 2.79. The summed E-state index contributed by atoms with van der Waals surface area (Å²) in [7, 11) is 1.70. The average Bonchev–Trinajstić information content (AvgIpc) is 2.91. The molecule has 1 aliphatic rings. The molecule has 1 atom stereocenters. The summed E-state index contributed by atoms with van der Waals surface area (Å²) in [6, 6.07) is -0.253. The molecule has 2 rings (SSSR count). The van der Waals surface area contributed by atoms with E-state index in [2.05, 4.69) is 16.8 Å². The lowest BCUT2D eigenvalue weighted by molar-refractivity contribution is -0.143. The van der Waals surface area contributed by atoms with Crippen molar-refractivity contribution in [3.8, 4) is 0 Å². The zero-order valence-corrected chi connectivity index (χ0v) is 12.2. The Morgan fingerprint density at radius 3 is 2.95 bits per heavy atom. The van der Waals surface area contributed by atoms with E-state index in [-0.39, 0.29) is 6.03 Å². The molecule has 0 spiro atoms. The summed E-state index contributed by atoms with van der Waals surface area (Å²) in [5.74, 6) is -0.558. The summed E-state index contributed by atoms with van der Waals surface area (Å²) < 4.78 is 5.23. The number of ether oxygens (including phenoxy) is 1. The summed E-state index contributed by atoms with van der Waals surface area (Å²) >= 11 is 1.32. The molecule has 0 aliphatic carbocycles. The summed E-state index contributed by atoms with van der Waals surface area (Å²) in [5, 5.41) is 9.28. The zero-order valence-electron chi connectivity index (χ0n) is 11.4. The number of hydrogen-bond acceptors (Lipinski definition) is 6. The molecule has 0 bridgehead atoms. The first-order valence-electron chi connectivity index (χ1n) is 6.26. The molecule has 1 aromatic rings. The van der Waals surface area contributed by atoms with E-state index in [9.17, 15) is 9.59 Å². The maximum atomic E-state index is 12.3. The molecule has 1 aliphatic heterocycles. The Labute approximate surface area is 120 Å². The lowest BCUT2D eigenvalue weighted by atomic mass is 10.3. The van der Waals surface area contributed by atoms with Gasteiger partial charge in [0.05, 0.1) is 0 Å². The number of carbonyl (C=O) groups is 2. The van der Waals surface area contributed by atoms with Gasteiger partial charge >= 0.3 is 12.0 Å². The highest BCUT2D eigenvalue weighted by atomic mass is 32.1. The van der Waals surface area contributed by atoms with Crippen LogP contribution in [0.25, 0.3) is 0 Å². The predicted octanol–water partition coefficient (Wildman–Crippen LogP) is 1.42.